The van der Waals surface area contributed by atoms with Gasteiger partial charge in [-0.15, -0.1) is 0 Å². The molecule has 0 aliphatic heterocycles. The van der Waals surface area contributed by atoms with Crippen LogP contribution in [0.2, 0.25) is 0 Å². The number of aromatic nitrogens is 1. The molecule has 0 radical (unpaired) electrons. The molecule has 1 amide bonds. The zero-order valence-corrected chi connectivity index (χ0v) is 9.26. The van der Waals surface area contributed by atoms with Crippen LogP contribution >= 0.6 is 0 Å². The zero-order chi connectivity index (χ0) is 12.3. The third-order valence-electron chi connectivity index (χ3n) is 2.99. The van der Waals surface area contributed by atoms with Gasteiger partial charge in [0.1, 0.15) is 5.41 Å². The number of hydrogen-bond acceptors (Lipinski definition) is 4. The Bertz CT molecular complexity index is 440. The highest BCUT2D eigenvalue weighted by atomic mass is 16.4. The number of amides is 1. The van der Waals surface area contributed by atoms with Crippen molar-refractivity contribution in [1.82, 2.24) is 10.3 Å². The molecular weight excluding hydrogens is 220 g/mol. The van der Waals surface area contributed by atoms with E-state index in [4.69, 9.17) is 10.9 Å². The molecule has 1 saturated carbocycles. The van der Waals surface area contributed by atoms with E-state index in [0.717, 1.165) is 5.56 Å². The molecule has 0 spiro atoms. The van der Waals surface area contributed by atoms with E-state index in [1.54, 1.807) is 12.4 Å². The van der Waals surface area contributed by atoms with Gasteiger partial charge in [0.05, 0.1) is 0 Å². The van der Waals surface area contributed by atoms with Crippen LogP contribution in [-0.4, -0.2) is 21.9 Å². The minimum atomic E-state index is -0.790. The standard InChI is InChI=1S/C11H14N4O2/c12-9(15-17)11(3-4-11)10(16)14-7-8-1-5-13-6-2-8/h1-2,5-6,17H,3-4,7H2,(H2,12,15)(H,14,16). The Morgan fingerprint density at radius 2 is 2.18 bits per heavy atom. The first-order valence-corrected chi connectivity index (χ1v) is 5.34. The summed E-state index contributed by atoms with van der Waals surface area (Å²) < 4.78 is 0. The molecular formula is C11H14N4O2. The van der Waals surface area contributed by atoms with Gasteiger partial charge in [0.15, 0.2) is 5.84 Å². The number of hydrogen-bond donors (Lipinski definition) is 3. The van der Waals surface area contributed by atoms with Gasteiger partial charge in [-0.1, -0.05) is 5.16 Å². The summed E-state index contributed by atoms with van der Waals surface area (Å²) in [6, 6.07) is 3.65. The first-order valence-electron chi connectivity index (χ1n) is 5.34. The first kappa shape index (κ1) is 11.4. The smallest absolute Gasteiger partial charge is 0.234 e. The second-order valence-corrected chi connectivity index (χ2v) is 4.11. The average Bonchev–Trinajstić information content (AvgIpc) is 3.17. The summed E-state index contributed by atoms with van der Waals surface area (Å²) in [5.41, 5.74) is 5.68. The molecule has 1 heterocycles. The summed E-state index contributed by atoms with van der Waals surface area (Å²) in [5, 5.41) is 14.3. The van der Waals surface area contributed by atoms with Gasteiger partial charge < -0.3 is 16.3 Å². The summed E-state index contributed by atoms with van der Waals surface area (Å²) in [5.74, 6) is -0.200. The number of rotatable bonds is 4. The topological polar surface area (TPSA) is 101 Å². The predicted octanol–water partition coefficient (Wildman–Crippen LogP) is 0.224. The van der Waals surface area contributed by atoms with E-state index in [1.807, 2.05) is 12.1 Å². The number of nitrogens with zero attached hydrogens (tertiary/aromatic N) is 2. The largest absolute Gasteiger partial charge is 0.409 e. The molecule has 1 aromatic heterocycles. The Hall–Kier alpha value is -2.11. The molecule has 0 aromatic carbocycles. The lowest BCUT2D eigenvalue weighted by molar-refractivity contribution is -0.124. The minimum absolute atomic E-state index is 0.00951. The van der Waals surface area contributed by atoms with Crippen LogP contribution in [0.3, 0.4) is 0 Å². The fourth-order valence-electron chi connectivity index (χ4n) is 1.67. The zero-order valence-electron chi connectivity index (χ0n) is 9.26. The van der Waals surface area contributed by atoms with Gasteiger partial charge in [-0.25, -0.2) is 0 Å². The van der Waals surface area contributed by atoms with Crippen LogP contribution in [0.1, 0.15) is 18.4 Å². The second kappa shape index (κ2) is 4.40. The Kier molecular flexibility index (Phi) is 2.95. The number of pyridine rings is 1. The fraction of sp³-hybridized carbons (Fsp3) is 0.364. The molecule has 1 aliphatic rings. The molecule has 90 valence electrons. The van der Waals surface area contributed by atoms with E-state index in [1.165, 1.54) is 0 Å². The van der Waals surface area contributed by atoms with Crippen LogP contribution in [0.5, 0.6) is 0 Å². The van der Waals surface area contributed by atoms with Crippen molar-refractivity contribution >= 4 is 11.7 Å². The number of nitrogens with two attached hydrogens (primary N) is 1. The summed E-state index contributed by atoms with van der Waals surface area (Å²) in [6.07, 6.45) is 4.59. The third-order valence-corrected chi connectivity index (χ3v) is 2.99. The highest BCUT2D eigenvalue weighted by Crippen LogP contribution is 2.46. The number of oxime groups is 1. The van der Waals surface area contributed by atoms with Crippen molar-refractivity contribution in [2.75, 3.05) is 0 Å². The molecule has 0 bridgehead atoms. The average molecular weight is 234 g/mol. The molecule has 1 aromatic rings. The summed E-state index contributed by atoms with van der Waals surface area (Å²) in [4.78, 5) is 15.8. The molecule has 6 heteroatoms. The fourth-order valence-corrected chi connectivity index (χ4v) is 1.67. The normalized spacial score (nSPS) is 17.5. The Morgan fingerprint density at radius 1 is 1.53 bits per heavy atom. The molecule has 17 heavy (non-hydrogen) atoms. The molecule has 1 fully saturated rings. The summed E-state index contributed by atoms with van der Waals surface area (Å²) in [6.45, 7) is 0.418. The number of carbonyl (C=O) groups is 1. The van der Waals surface area contributed by atoms with E-state index < -0.39 is 5.41 Å². The van der Waals surface area contributed by atoms with Crippen molar-refractivity contribution in [2.45, 2.75) is 19.4 Å². The van der Waals surface area contributed by atoms with Gasteiger partial charge in [-0.2, -0.15) is 0 Å². The van der Waals surface area contributed by atoms with Crippen molar-refractivity contribution in [3.05, 3.63) is 30.1 Å². The van der Waals surface area contributed by atoms with Gasteiger partial charge in [0.25, 0.3) is 0 Å². The Morgan fingerprint density at radius 3 is 2.71 bits per heavy atom. The molecule has 0 unspecified atom stereocenters. The van der Waals surface area contributed by atoms with Crippen molar-refractivity contribution in [2.24, 2.45) is 16.3 Å². The third kappa shape index (κ3) is 2.20. The maximum atomic E-state index is 11.9. The number of nitrogens with one attached hydrogen (secondary N) is 1. The van der Waals surface area contributed by atoms with Gasteiger partial charge in [0, 0.05) is 18.9 Å². The lowest BCUT2D eigenvalue weighted by Crippen LogP contribution is -2.40. The molecule has 6 nitrogen and oxygen atoms in total. The number of carbonyl (C=O) groups excluding carboxylic acids is 1. The lowest BCUT2D eigenvalue weighted by atomic mass is 10.1. The Balaban J connectivity index is 1.95. The van der Waals surface area contributed by atoms with Crippen molar-refractivity contribution in [3.8, 4) is 0 Å². The van der Waals surface area contributed by atoms with Crippen LogP contribution < -0.4 is 11.1 Å². The maximum Gasteiger partial charge on any atom is 0.234 e. The highest BCUT2D eigenvalue weighted by Gasteiger charge is 2.54. The quantitative estimate of drug-likeness (QED) is 0.300. The first-order chi connectivity index (χ1) is 8.19. The van der Waals surface area contributed by atoms with Gasteiger partial charge in [0.2, 0.25) is 5.91 Å². The molecule has 0 atom stereocenters. The molecule has 1 aliphatic carbocycles. The highest BCUT2D eigenvalue weighted by molar-refractivity contribution is 6.09. The monoisotopic (exact) mass is 234 g/mol. The maximum absolute atomic E-state index is 11.9. The van der Waals surface area contributed by atoms with Crippen LogP contribution in [0.4, 0.5) is 0 Å². The SMILES string of the molecule is N/C(=N/O)C1(C(=O)NCc2ccncc2)CC1. The van der Waals surface area contributed by atoms with Crippen LogP contribution in [-0.2, 0) is 11.3 Å². The predicted molar refractivity (Wildman–Crippen MR) is 61.2 cm³/mol. The van der Waals surface area contributed by atoms with Gasteiger partial charge >= 0.3 is 0 Å². The molecule has 0 saturated heterocycles. The summed E-state index contributed by atoms with van der Waals surface area (Å²) in [7, 11) is 0. The van der Waals surface area contributed by atoms with Crippen LogP contribution in [0.25, 0.3) is 0 Å². The minimum Gasteiger partial charge on any atom is -0.409 e. The number of amidine groups is 1. The van der Waals surface area contributed by atoms with E-state index in [-0.39, 0.29) is 11.7 Å². The van der Waals surface area contributed by atoms with E-state index in [2.05, 4.69) is 15.5 Å². The van der Waals surface area contributed by atoms with E-state index in [9.17, 15) is 4.79 Å². The van der Waals surface area contributed by atoms with Crippen molar-refractivity contribution in [3.63, 3.8) is 0 Å². The van der Waals surface area contributed by atoms with Gasteiger partial charge in [-0.05, 0) is 30.5 Å². The Labute approximate surface area is 98.5 Å². The summed E-state index contributed by atoms with van der Waals surface area (Å²) >= 11 is 0. The van der Waals surface area contributed by atoms with Crippen LogP contribution in [0, 0.1) is 5.41 Å². The lowest BCUT2D eigenvalue weighted by Gasteiger charge is -2.13. The molecule has 2 rings (SSSR count). The van der Waals surface area contributed by atoms with Crippen molar-refractivity contribution in [1.29, 1.82) is 0 Å². The van der Waals surface area contributed by atoms with Crippen LogP contribution in [0.15, 0.2) is 29.7 Å². The van der Waals surface area contributed by atoms with Crippen molar-refractivity contribution < 1.29 is 10.0 Å². The van der Waals surface area contributed by atoms with Gasteiger partial charge in [-0.3, -0.25) is 9.78 Å². The van der Waals surface area contributed by atoms with E-state index >= 15 is 0 Å². The molecule has 4 N–H and O–H groups in total. The second-order valence-electron chi connectivity index (χ2n) is 4.11. The van der Waals surface area contributed by atoms with E-state index in [0.29, 0.717) is 19.4 Å².